The standard InChI is InChI=1S/C18H23ClN6O2S/c1-9(2)21-13-5-14(19)20-6-12(13)16-23-24-17(28-16)25-7-10-3-4-11(8-25)15(10)22-18(26)27/h5-6,9-11,15,22H,3-4,7-8H2,1-2H3,(H,20,21)(H,26,27)/t10-,11+,15+. The summed E-state index contributed by atoms with van der Waals surface area (Å²) in [5.41, 5.74) is 1.77. The molecule has 3 atom stereocenters. The molecule has 10 heteroatoms. The number of aromatic nitrogens is 3. The first-order valence-corrected chi connectivity index (χ1v) is 10.6. The van der Waals surface area contributed by atoms with Crippen molar-refractivity contribution in [2.75, 3.05) is 23.3 Å². The number of carboxylic acid groups (broad SMARTS) is 1. The molecule has 8 nitrogen and oxygen atoms in total. The molecule has 150 valence electrons. The first kappa shape index (κ1) is 19.2. The third-order valence-electron chi connectivity index (χ3n) is 5.35. The molecule has 1 saturated carbocycles. The molecule has 1 saturated heterocycles. The van der Waals surface area contributed by atoms with E-state index in [1.54, 1.807) is 12.3 Å². The average Bonchev–Trinajstić information content (AvgIpc) is 3.17. The third kappa shape index (κ3) is 3.86. The van der Waals surface area contributed by atoms with Gasteiger partial charge in [0.1, 0.15) is 5.15 Å². The summed E-state index contributed by atoms with van der Waals surface area (Å²) in [6, 6.07) is 2.10. The number of fused-ring (bicyclic) bond motifs is 2. The number of pyridine rings is 1. The van der Waals surface area contributed by atoms with Gasteiger partial charge in [0.25, 0.3) is 0 Å². The SMILES string of the molecule is CC(C)Nc1cc(Cl)ncc1-c1nnc(N2C[C@H]3CC[C@@H](C2)[C@H]3NC(=O)O)s1. The molecule has 2 aromatic heterocycles. The first-order valence-electron chi connectivity index (χ1n) is 9.41. The van der Waals surface area contributed by atoms with Crippen LogP contribution in [0.5, 0.6) is 0 Å². The van der Waals surface area contributed by atoms with Gasteiger partial charge in [-0.15, -0.1) is 10.2 Å². The smallest absolute Gasteiger partial charge is 0.404 e. The Labute approximate surface area is 172 Å². The Morgan fingerprint density at radius 1 is 1.32 bits per heavy atom. The highest BCUT2D eigenvalue weighted by molar-refractivity contribution is 7.18. The van der Waals surface area contributed by atoms with Crippen LogP contribution in [0.1, 0.15) is 26.7 Å². The molecule has 3 N–H and O–H groups in total. The largest absolute Gasteiger partial charge is 0.465 e. The van der Waals surface area contributed by atoms with Crippen LogP contribution in [-0.2, 0) is 0 Å². The summed E-state index contributed by atoms with van der Waals surface area (Å²) in [5, 5.41) is 26.1. The predicted octanol–water partition coefficient (Wildman–Crippen LogP) is 3.56. The van der Waals surface area contributed by atoms with Crippen molar-refractivity contribution < 1.29 is 9.90 Å². The summed E-state index contributed by atoms with van der Waals surface area (Å²) >= 11 is 7.59. The molecule has 2 aliphatic rings. The lowest BCUT2D eigenvalue weighted by atomic mass is 9.92. The van der Waals surface area contributed by atoms with E-state index in [4.69, 9.17) is 16.7 Å². The predicted molar refractivity (Wildman–Crippen MR) is 110 cm³/mol. The van der Waals surface area contributed by atoms with Gasteiger partial charge in [-0.05, 0) is 44.6 Å². The zero-order chi connectivity index (χ0) is 19.8. The molecule has 28 heavy (non-hydrogen) atoms. The van der Waals surface area contributed by atoms with Gasteiger partial charge in [-0.25, -0.2) is 9.78 Å². The molecule has 3 heterocycles. The fourth-order valence-corrected chi connectivity index (χ4v) is 5.28. The minimum atomic E-state index is -0.936. The minimum Gasteiger partial charge on any atom is -0.465 e. The number of hydrogen-bond donors (Lipinski definition) is 3. The van der Waals surface area contributed by atoms with Gasteiger partial charge in [-0.1, -0.05) is 22.9 Å². The van der Waals surface area contributed by atoms with E-state index in [0.717, 1.165) is 47.3 Å². The lowest BCUT2D eigenvalue weighted by molar-refractivity contribution is 0.178. The van der Waals surface area contributed by atoms with E-state index >= 15 is 0 Å². The van der Waals surface area contributed by atoms with E-state index in [2.05, 4.69) is 44.6 Å². The summed E-state index contributed by atoms with van der Waals surface area (Å²) in [5.74, 6) is 0.634. The van der Waals surface area contributed by atoms with E-state index in [9.17, 15) is 4.79 Å². The van der Waals surface area contributed by atoms with Crippen molar-refractivity contribution in [2.24, 2.45) is 11.8 Å². The maximum Gasteiger partial charge on any atom is 0.404 e. The van der Waals surface area contributed by atoms with Gasteiger partial charge >= 0.3 is 6.09 Å². The van der Waals surface area contributed by atoms with Gasteiger partial charge in [0.2, 0.25) is 5.13 Å². The summed E-state index contributed by atoms with van der Waals surface area (Å²) in [7, 11) is 0. The number of anilines is 2. The highest BCUT2D eigenvalue weighted by Crippen LogP contribution is 2.41. The Hall–Kier alpha value is -2.13. The summed E-state index contributed by atoms with van der Waals surface area (Å²) in [4.78, 5) is 17.5. The zero-order valence-electron chi connectivity index (χ0n) is 15.7. The molecule has 2 bridgehead atoms. The van der Waals surface area contributed by atoms with Crippen LogP contribution < -0.4 is 15.5 Å². The molecule has 0 spiro atoms. The Balaban J connectivity index is 1.54. The second-order valence-corrected chi connectivity index (χ2v) is 9.06. The van der Waals surface area contributed by atoms with Crippen LogP contribution >= 0.6 is 22.9 Å². The van der Waals surface area contributed by atoms with Crippen LogP contribution in [0, 0.1) is 11.8 Å². The van der Waals surface area contributed by atoms with Crippen LogP contribution in [0.15, 0.2) is 12.3 Å². The van der Waals surface area contributed by atoms with Crippen molar-refractivity contribution in [2.45, 2.75) is 38.8 Å². The Morgan fingerprint density at radius 2 is 2.04 bits per heavy atom. The number of rotatable bonds is 5. The van der Waals surface area contributed by atoms with Crippen molar-refractivity contribution in [1.29, 1.82) is 0 Å². The average molecular weight is 423 g/mol. The summed E-state index contributed by atoms with van der Waals surface area (Å²) in [6.45, 7) is 5.72. The van der Waals surface area contributed by atoms with Crippen LogP contribution in [0.4, 0.5) is 15.6 Å². The lowest BCUT2D eigenvalue weighted by Gasteiger charge is -2.37. The Morgan fingerprint density at radius 3 is 2.68 bits per heavy atom. The van der Waals surface area contributed by atoms with E-state index in [-0.39, 0.29) is 12.1 Å². The van der Waals surface area contributed by atoms with Gasteiger partial charge in [-0.3, -0.25) is 0 Å². The summed E-state index contributed by atoms with van der Waals surface area (Å²) in [6.07, 6.45) is 2.88. The van der Waals surface area contributed by atoms with Crippen molar-refractivity contribution in [1.82, 2.24) is 20.5 Å². The van der Waals surface area contributed by atoms with Gasteiger partial charge in [0.05, 0.1) is 5.56 Å². The fourth-order valence-electron chi connectivity index (χ4n) is 4.24. The van der Waals surface area contributed by atoms with Crippen LogP contribution in [0.25, 0.3) is 10.6 Å². The Bertz CT molecular complexity index is 862. The summed E-state index contributed by atoms with van der Waals surface area (Å²) < 4.78 is 0. The van der Waals surface area contributed by atoms with E-state index in [1.165, 1.54) is 11.3 Å². The maximum absolute atomic E-state index is 11.1. The minimum absolute atomic E-state index is 0.0449. The molecule has 1 aliphatic carbocycles. The molecule has 1 aliphatic heterocycles. The van der Waals surface area contributed by atoms with Crippen LogP contribution in [-0.4, -0.2) is 51.6 Å². The number of hydrogen-bond acceptors (Lipinski definition) is 7. The van der Waals surface area contributed by atoms with Crippen molar-refractivity contribution in [3.05, 3.63) is 17.4 Å². The van der Waals surface area contributed by atoms with Gasteiger partial charge < -0.3 is 20.6 Å². The van der Waals surface area contributed by atoms with Crippen LogP contribution in [0.2, 0.25) is 5.15 Å². The fraction of sp³-hybridized carbons (Fsp3) is 0.556. The van der Waals surface area contributed by atoms with Gasteiger partial charge in [0, 0.05) is 37.1 Å². The molecule has 0 unspecified atom stereocenters. The molecular weight excluding hydrogens is 400 g/mol. The molecule has 0 aromatic carbocycles. The number of carbonyl (C=O) groups is 1. The van der Waals surface area contributed by atoms with Crippen molar-refractivity contribution in [3.8, 4) is 10.6 Å². The molecule has 2 aromatic rings. The number of amides is 1. The second kappa shape index (κ2) is 7.71. The molecule has 0 radical (unpaired) electrons. The molecular formula is C18H23ClN6O2S. The topological polar surface area (TPSA) is 103 Å². The highest BCUT2D eigenvalue weighted by atomic mass is 35.5. The first-order chi connectivity index (χ1) is 13.4. The quantitative estimate of drug-likeness (QED) is 0.633. The number of piperidine rings is 1. The van der Waals surface area contributed by atoms with Crippen LogP contribution in [0.3, 0.4) is 0 Å². The molecule has 2 fully saturated rings. The number of nitrogens with one attached hydrogen (secondary N) is 2. The van der Waals surface area contributed by atoms with Crippen molar-refractivity contribution in [3.63, 3.8) is 0 Å². The normalized spacial score (nSPS) is 23.9. The lowest BCUT2D eigenvalue weighted by Crippen LogP contribution is -2.52. The van der Waals surface area contributed by atoms with Gasteiger partial charge in [0.15, 0.2) is 5.01 Å². The van der Waals surface area contributed by atoms with E-state index in [0.29, 0.717) is 17.0 Å². The number of nitrogens with zero attached hydrogens (tertiary/aromatic N) is 4. The molecule has 1 amide bonds. The molecule has 4 rings (SSSR count). The Kier molecular flexibility index (Phi) is 5.29. The van der Waals surface area contributed by atoms with Crippen molar-refractivity contribution >= 4 is 39.8 Å². The van der Waals surface area contributed by atoms with E-state index < -0.39 is 6.09 Å². The second-order valence-electron chi connectivity index (χ2n) is 7.72. The van der Waals surface area contributed by atoms with Gasteiger partial charge in [-0.2, -0.15) is 0 Å². The zero-order valence-corrected chi connectivity index (χ0v) is 17.3. The third-order valence-corrected chi connectivity index (χ3v) is 6.58. The highest BCUT2D eigenvalue weighted by Gasteiger charge is 2.43. The van der Waals surface area contributed by atoms with E-state index in [1.807, 2.05) is 0 Å². The monoisotopic (exact) mass is 422 g/mol. The number of halogens is 1. The maximum atomic E-state index is 11.1.